The maximum Gasteiger partial charge on any atom is 0.160 e. The van der Waals surface area contributed by atoms with Gasteiger partial charge in [-0.25, -0.2) is 9.37 Å². The number of aryl methyl sites for hydroxylation is 2. The highest BCUT2D eigenvalue weighted by Crippen LogP contribution is 2.32. The third-order valence-corrected chi connectivity index (χ3v) is 3.98. The Balaban J connectivity index is 2.10. The third-order valence-electron chi connectivity index (χ3n) is 3.98. The van der Waals surface area contributed by atoms with Gasteiger partial charge in [-0.3, -0.25) is 4.68 Å². The van der Waals surface area contributed by atoms with Crippen LogP contribution in [0.2, 0.25) is 0 Å². The molecule has 6 heteroatoms. The van der Waals surface area contributed by atoms with Gasteiger partial charge in [0.15, 0.2) is 5.65 Å². The van der Waals surface area contributed by atoms with Crippen molar-refractivity contribution in [3.8, 4) is 0 Å². The van der Waals surface area contributed by atoms with E-state index in [1.54, 1.807) is 10.7 Å². The van der Waals surface area contributed by atoms with E-state index in [0.29, 0.717) is 5.52 Å². The highest BCUT2D eigenvalue weighted by Gasteiger charge is 2.15. The van der Waals surface area contributed by atoms with Crippen LogP contribution in [-0.2, 0) is 7.05 Å². The molecule has 0 radical (unpaired) electrons. The maximum absolute atomic E-state index is 13.6. The Morgan fingerprint density at radius 3 is 2.83 bits per heavy atom. The molecule has 122 valence electrons. The minimum absolute atomic E-state index is 0.276. The lowest BCUT2D eigenvalue weighted by Crippen LogP contribution is -2.16. The van der Waals surface area contributed by atoms with Gasteiger partial charge >= 0.3 is 0 Å². The van der Waals surface area contributed by atoms with Crippen molar-refractivity contribution >= 4 is 27.6 Å². The van der Waals surface area contributed by atoms with Crippen LogP contribution in [0.25, 0.3) is 21.9 Å². The minimum atomic E-state index is -0.276. The molecule has 0 aliphatic rings. The summed E-state index contributed by atoms with van der Waals surface area (Å²) in [5, 5.41) is 9.92. The van der Waals surface area contributed by atoms with Crippen LogP contribution in [0.4, 0.5) is 10.1 Å². The summed E-state index contributed by atoms with van der Waals surface area (Å²) >= 11 is 0. The van der Waals surface area contributed by atoms with Gasteiger partial charge in [-0.05, 0) is 46.1 Å². The molecule has 3 aromatic rings. The van der Waals surface area contributed by atoms with Crippen LogP contribution in [0, 0.1) is 12.7 Å². The number of fused-ring (bicyclic) bond motifs is 2. The first kappa shape index (κ1) is 15.7. The number of pyridine rings is 1. The minimum Gasteiger partial charge on any atom is -0.384 e. The summed E-state index contributed by atoms with van der Waals surface area (Å²) in [6.07, 6.45) is 1.03. The maximum atomic E-state index is 13.6. The van der Waals surface area contributed by atoms with Crippen LogP contribution in [0.3, 0.4) is 0 Å². The first-order valence-electron chi connectivity index (χ1n) is 7.78. The van der Waals surface area contributed by atoms with E-state index in [-0.39, 0.29) is 5.82 Å². The highest BCUT2D eigenvalue weighted by atomic mass is 19.1. The molecule has 3 rings (SSSR count). The normalized spacial score (nSPS) is 11.7. The molecule has 1 aromatic carbocycles. The smallest absolute Gasteiger partial charge is 0.160 e. The molecule has 23 heavy (non-hydrogen) atoms. The number of halogens is 1. The van der Waals surface area contributed by atoms with Crippen molar-refractivity contribution in [1.29, 1.82) is 0 Å². The molecule has 0 aliphatic heterocycles. The van der Waals surface area contributed by atoms with Crippen molar-refractivity contribution in [1.82, 2.24) is 19.7 Å². The first-order valence-corrected chi connectivity index (χ1v) is 7.78. The van der Waals surface area contributed by atoms with E-state index in [1.165, 1.54) is 12.1 Å². The van der Waals surface area contributed by atoms with Crippen molar-refractivity contribution in [2.75, 3.05) is 32.5 Å². The molecule has 0 saturated heterocycles. The van der Waals surface area contributed by atoms with E-state index >= 15 is 0 Å². The van der Waals surface area contributed by atoms with Crippen LogP contribution in [-0.4, -0.2) is 46.8 Å². The van der Waals surface area contributed by atoms with Gasteiger partial charge in [-0.1, -0.05) is 0 Å². The second kappa shape index (κ2) is 6.12. The lowest BCUT2D eigenvalue weighted by atomic mass is 10.1. The Labute approximate surface area is 135 Å². The van der Waals surface area contributed by atoms with Gasteiger partial charge in [0, 0.05) is 25.0 Å². The van der Waals surface area contributed by atoms with Gasteiger partial charge in [0.1, 0.15) is 5.82 Å². The zero-order valence-corrected chi connectivity index (χ0v) is 14.0. The Morgan fingerprint density at radius 2 is 2.09 bits per heavy atom. The van der Waals surface area contributed by atoms with E-state index < -0.39 is 0 Å². The Hall–Kier alpha value is -2.21. The van der Waals surface area contributed by atoms with Crippen molar-refractivity contribution in [3.05, 3.63) is 29.7 Å². The Bertz CT molecular complexity index is 853. The molecule has 0 atom stereocenters. The number of benzene rings is 1. The van der Waals surface area contributed by atoms with Crippen molar-refractivity contribution in [2.45, 2.75) is 13.3 Å². The van der Waals surface area contributed by atoms with E-state index in [2.05, 4.69) is 34.4 Å². The number of nitrogens with zero attached hydrogens (tertiary/aromatic N) is 4. The molecule has 0 spiro atoms. The molecule has 0 amide bonds. The van der Waals surface area contributed by atoms with E-state index in [4.69, 9.17) is 0 Å². The zero-order valence-electron chi connectivity index (χ0n) is 14.0. The van der Waals surface area contributed by atoms with Crippen LogP contribution in [0.1, 0.15) is 12.1 Å². The fourth-order valence-corrected chi connectivity index (χ4v) is 2.92. The van der Waals surface area contributed by atoms with Gasteiger partial charge in [0.2, 0.25) is 0 Å². The average Bonchev–Trinajstić information content (AvgIpc) is 2.76. The number of hydrogen-bond acceptors (Lipinski definition) is 4. The number of nitrogens with one attached hydrogen (secondary N) is 1. The Kier molecular flexibility index (Phi) is 4.17. The van der Waals surface area contributed by atoms with Crippen molar-refractivity contribution < 1.29 is 4.39 Å². The summed E-state index contributed by atoms with van der Waals surface area (Å²) in [6.45, 7) is 3.84. The van der Waals surface area contributed by atoms with E-state index in [9.17, 15) is 4.39 Å². The predicted octanol–water partition coefficient (Wildman–Crippen LogP) is 2.93. The summed E-state index contributed by atoms with van der Waals surface area (Å²) in [5.41, 5.74) is 3.34. The average molecular weight is 315 g/mol. The largest absolute Gasteiger partial charge is 0.384 e. The highest BCUT2D eigenvalue weighted by molar-refractivity contribution is 6.07. The SMILES string of the molecule is Cc1nn(C)c2nc3cc(F)ccc3c(NCCCN(C)C)c12. The molecule has 2 heterocycles. The molecule has 0 bridgehead atoms. The molecular formula is C17H22FN5. The number of hydrogen-bond donors (Lipinski definition) is 1. The molecular weight excluding hydrogens is 293 g/mol. The second-order valence-corrected chi connectivity index (χ2v) is 6.14. The van der Waals surface area contributed by atoms with Crippen molar-refractivity contribution in [2.24, 2.45) is 7.05 Å². The topological polar surface area (TPSA) is 46.0 Å². The van der Waals surface area contributed by atoms with E-state index in [0.717, 1.165) is 47.3 Å². The number of anilines is 1. The molecule has 1 N–H and O–H groups in total. The summed E-state index contributed by atoms with van der Waals surface area (Å²) in [4.78, 5) is 6.75. The molecule has 0 aliphatic carbocycles. The molecule has 5 nitrogen and oxygen atoms in total. The predicted molar refractivity (Wildman–Crippen MR) is 92.4 cm³/mol. The van der Waals surface area contributed by atoms with Gasteiger partial charge in [0.25, 0.3) is 0 Å². The molecule has 0 saturated carbocycles. The fourth-order valence-electron chi connectivity index (χ4n) is 2.92. The Morgan fingerprint density at radius 1 is 1.30 bits per heavy atom. The van der Waals surface area contributed by atoms with Crippen LogP contribution in [0.5, 0.6) is 0 Å². The third kappa shape index (κ3) is 2.99. The fraction of sp³-hybridized carbons (Fsp3) is 0.412. The number of aromatic nitrogens is 3. The summed E-state index contributed by atoms with van der Waals surface area (Å²) < 4.78 is 15.3. The summed E-state index contributed by atoms with van der Waals surface area (Å²) in [6, 6.07) is 4.74. The number of rotatable bonds is 5. The monoisotopic (exact) mass is 315 g/mol. The summed E-state index contributed by atoms with van der Waals surface area (Å²) in [5.74, 6) is -0.276. The van der Waals surface area contributed by atoms with Gasteiger partial charge < -0.3 is 10.2 Å². The first-order chi connectivity index (χ1) is 11.0. The van der Waals surface area contributed by atoms with Crippen LogP contribution < -0.4 is 5.32 Å². The molecule has 2 aromatic heterocycles. The van der Waals surface area contributed by atoms with Crippen LogP contribution >= 0.6 is 0 Å². The summed E-state index contributed by atoms with van der Waals surface area (Å²) in [7, 11) is 5.99. The molecule has 0 unspecified atom stereocenters. The van der Waals surface area contributed by atoms with Gasteiger partial charge in [-0.15, -0.1) is 0 Å². The lowest BCUT2D eigenvalue weighted by Gasteiger charge is -2.13. The standard InChI is InChI=1S/C17H22FN5/c1-11-15-16(19-8-5-9-22(2)3)13-7-6-12(18)10-14(13)20-17(15)23(4)21-11/h6-7,10H,5,8-9H2,1-4H3,(H,19,20). The lowest BCUT2D eigenvalue weighted by molar-refractivity contribution is 0.405. The quantitative estimate of drug-likeness (QED) is 0.735. The molecule has 0 fully saturated rings. The van der Waals surface area contributed by atoms with Gasteiger partial charge in [0.05, 0.1) is 22.3 Å². The second-order valence-electron chi connectivity index (χ2n) is 6.14. The van der Waals surface area contributed by atoms with E-state index in [1.807, 2.05) is 14.0 Å². The van der Waals surface area contributed by atoms with Crippen LogP contribution in [0.15, 0.2) is 18.2 Å². The van der Waals surface area contributed by atoms with Crippen molar-refractivity contribution in [3.63, 3.8) is 0 Å². The van der Waals surface area contributed by atoms with Gasteiger partial charge in [-0.2, -0.15) is 5.10 Å². The zero-order chi connectivity index (χ0) is 16.6.